The van der Waals surface area contributed by atoms with Crippen LogP contribution >= 0.6 is 0 Å². The predicted molar refractivity (Wildman–Crippen MR) is 48.5 cm³/mol. The minimum Gasteiger partial charge on any atom is -0.496 e. The van der Waals surface area contributed by atoms with Crippen LogP contribution in [-0.4, -0.2) is 18.8 Å². The number of rotatable bonds is 3. The van der Waals surface area contributed by atoms with E-state index in [1.54, 1.807) is 7.11 Å². The minimum absolute atomic E-state index is 0.166. The average molecular weight is 166 g/mol. The van der Waals surface area contributed by atoms with Crippen molar-refractivity contribution < 1.29 is 9.84 Å². The smallest absolute Gasteiger partial charge is 0.122 e. The highest BCUT2D eigenvalue weighted by molar-refractivity contribution is 5.37. The van der Waals surface area contributed by atoms with Gasteiger partial charge in [-0.1, -0.05) is 12.1 Å². The van der Waals surface area contributed by atoms with E-state index in [0.29, 0.717) is 6.42 Å². The molecule has 0 aliphatic heterocycles. The summed E-state index contributed by atoms with van der Waals surface area (Å²) in [5, 5.41) is 8.75. The van der Waals surface area contributed by atoms with Crippen LogP contribution in [0.15, 0.2) is 18.2 Å². The maximum atomic E-state index is 8.75. The third-order valence-electron chi connectivity index (χ3n) is 1.82. The highest BCUT2D eigenvalue weighted by atomic mass is 16.5. The summed E-state index contributed by atoms with van der Waals surface area (Å²) in [7, 11) is 1.65. The lowest BCUT2D eigenvalue weighted by molar-refractivity contribution is 0.296. The number of hydrogen-bond donors (Lipinski definition) is 1. The Balaban J connectivity index is 2.94. The van der Waals surface area contributed by atoms with Crippen LogP contribution in [0.3, 0.4) is 0 Å². The van der Waals surface area contributed by atoms with Gasteiger partial charge < -0.3 is 9.84 Å². The minimum atomic E-state index is 0.166. The van der Waals surface area contributed by atoms with Crippen LogP contribution in [0.2, 0.25) is 0 Å². The molecule has 1 N–H and O–H groups in total. The van der Waals surface area contributed by atoms with E-state index in [0.717, 1.165) is 11.3 Å². The molecule has 0 heterocycles. The second kappa shape index (κ2) is 4.12. The van der Waals surface area contributed by atoms with Crippen LogP contribution in [0.1, 0.15) is 11.1 Å². The van der Waals surface area contributed by atoms with Crippen molar-refractivity contribution in [3.8, 4) is 5.75 Å². The Morgan fingerprint density at radius 3 is 2.75 bits per heavy atom. The molecule has 0 spiro atoms. The summed E-state index contributed by atoms with van der Waals surface area (Å²) in [4.78, 5) is 0. The largest absolute Gasteiger partial charge is 0.496 e. The van der Waals surface area contributed by atoms with Crippen molar-refractivity contribution in [2.75, 3.05) is 13.7 Å². The zero-order valence-corrected chi connectivity index (χ0v) is 7.50. The van der Waals surface area contributed by atoms with Crippen molar-refractivity contribution in [2.24, 2.45) is 0 Å². The summed E-state index contributed by atoms with van der Waals surface area (Å²) < 4.78 is 5.17. The van der Waals surface area contributed by atoms with Gasteiger partial charge in [-0.15, -0.1) is 0 Å². The first kappa shape index (κ1) is 9.07. The van der Waals surface area contributed by atoms with E-state index < -0.39 is 0 Å². The van der Waals surface area contributed by atoms with Gasteiger partial charge in [-0.3, -0.25) is 0 Å². The maximum Gasteiger partial charge on any atom is 0.122 e. The molecule has 1 rings (SSSR count). The van der Waals surface area contributed by atoms with E-state index >= 15 is 0 Å². The molecule has 1 aromatic carbocycles. The molecule has 0 saturated heterocycles. The van der Waals surface area contributed by atoms with Crippen molar-refractivity contribution in [3.63, 3.8) is 0 Å². The first-order chi connectivity index (χ1) is 5.77. The summed E-state index contributed by atoms with van der Waals surface area (Å²) in [5.41, 5.74) is 2.24. The van der Waals surface area contributed by atoms with E-state index in [-0.39, 0.29) is 6.61 Å². The molecule has 0 saturated carbocycles. The zero-order valence-electron chi connectivity index (χ0n) is 7.50. The summed E-state index contributed by atoms with van der Waals surface area (Å²) in [6.07, 6.45) is 0.656. The number of aryl methyl sites for hydroxylation is 1. The molecule has 0 aliphatic rings. The van der Waals surface area contributed by atoms with Crippen LogP contribution in [-0.2, 0) is 6.42 Å². The second-order valence-corrected chi connectivity index (χ2v) is 2.79. The van der Waals surface area contributed by atoms with Gasteiger partial charge in [0.1, 0.15) is 5.75 Å². The Hall–Kier alpha value is -1.02. The lowest BCUT2D eigenvalue weighted by Gasteiger charge is -2.07. The van der Waals surface area contributed by atoms with Gasteiger partial charge in [0.25, 0.3) is 0 Å². The van der Waals surface area contributed by atoms with Gasteiger partial charge in [0.15, 0.2) is 0 Å². The van der Waals surface area contributed by atoms with Crippen molar-refractivity contribution in [2.45, 2.75) is 13.3 Å². The van der Waals surface area contributed by atoms with E-state index in [1.807, 2.05) is 25.1 Å². The molecule has 66 valence electrons. The quantitative estimate of drug-likeness (QED) is 0.738. The van der Waals surface area contributed by atoms with E-state index in [1.165, 1.54) is 5.56 Å². The van der Waals surface area contributed by atoms with Gasteiger partial charge in [0.05, 0.1) is 7.11 Å². The van der Waals surface area contributed by atoms with E-state index in [2.05, 4.69) is 0 Å². The number of aliphatic hydroxyl groups is 1. The van der Waals surface area contributed by atoms with Gasteiger partial charge in [-0.2, -0.15) is 0 Å². The maximum absolute atomic E-state index is 8.75. The van der Waals surface area contributed by atoms with Crippen LogP contribution in [0, 0.1) is 6.92 Å². The highest BCUT2D eigenvalue weighted by Gasteiger charge is 2.01. The molecule has 0 amide bonds. The third kappa shape index (κ3) is 1.98. The predicted octanol–water partition coefficient (Wildman–Crippen LogP) is 1.54. The second-order valence-electron chi connectivity index (χ2n) is 2.79. The number of benzene rings is 1. The summed E-state index contributed by atoms with van der Waals surface area (Å²) in [6.45, 7) is 2.19. The fourth-order valence-electron chi connectivity index (χ4n) is 1.18. The van der Waals surface area contributed by atoms with Crippen LogP contribution < -0.4 is 4.74 Å². The Morgan fingerprint density at radius 2 is 2.17 bits per heavy atom. The molecule has 2 heteroatoms. The molecule has 12 heavy (non-hydrogen) atoms. The summed E-state index contributed by atoms with van der Waals surface area (Å²) in [6, 6.07) is 5.99. The molecule has 0 fully saturated rings. The Bertz CT molecular complexity index is 256. The number of ether oxygens (including phenoxy) is 1. The van der Waals surface area contributed by atoms with Crippen LogP contribution in [0.5, 0.6) is 5.75 Å². The standard InChI is InChI=1S/C10H14O2/c1-8-3-4-9(5-6-11)10(7-8)12-2/h3-4,7,11H,5-6H2,1-2H3. The topological polar surface area (TPSA) is 29.5 Å². The molecule has 0 unspecified atom stereocenters. The Kier molecular flexibility index (Phi) is 3.11. The van der Waals surface area contributed by atoms with Crippen molar-refractivity contribution in [1.82, 2.24) is 0 Å². The lowest BCUT2D eigenvalue weighted by atomic mass is 10.1. The molecular formula is C10H14O2. The molecule has 0 aliphatic carbocycles. The molecule has 0 aromatic heterocycles. The molecule has 0 bridgehead atoms. The van der Waals surface area contributed by atoms with Crippen LogP contribution in [0.25, 0.3) is 0 Å². The lowest BCUT2D eigenvalue weighted by Crippen LogP contribution is -1.95. The highest BCUT2D eigenvalue weighted by Crippen LogP contribution is 2.19. The normalized spacial score (nSPS) is 9.92. The van der Waals surface area contributed by atoms with E-state index in [9.17, 15) is 0 Å². The summed E-state index contributed by atoms with van der Waals surface area (Å²) >= 11 is 0. The van der Waals surface area contributed by atoms with E-state index in [4.69, 9.17) is 9.84 Å². The monoisotopic (exact) mass is 166 g/mol. The molecule has 0 atom stereocenters. The van der Waals surface area contributed by atoms with Crippen molar-refractivity contribution in [3.05, 3.63) is 29.3 Å². The molecule has 1 aromatic rings. The van der Waals surface area contributed by atoms with Crippen LogP contribution in [0.4, 0.5) is 0 Å². The van der Waals surface area contributed by atoms with Gasteiger partial charge >= 0.3 is 0 Å². The van der Waals surface area contributed by atoms with Gasteiger partial charge in [0, 0.05) is 6.61 Å². The SMILES string of the molecule is COc1cc(C)ccc1CCO. The first-order valence-electron chi connectivity index (χ1n) is 4.02. The average Bonchev–Trinajstić information content (AvgIpc) is 2.08. The molecule has 0 radical (unpaired) electrons. The zero-order chi connectivity index (χ0) is 8.97. The van der Waals surface area contributed by atoms with Gasteiger partial charge in [0.2, 0.25) is 0 Å². The Morgan fingerprint density at radius 1 is 1.42 bits per heavy atom. The molecule has 2 nitrogen and oxygen atoms in total. The Labute approximate surface area is 72.8 Å². The third-order valence-corrected chi connectivity index (χ3v) is 1.82. The first-order valence-corrected chi connectivity index (χ1v) is 4.02. The molecular weight excluding hydrogens is 152 g/mol. The fraction of sp³-hybridized carbons (Fsp3) is 0.400. The fourth-order valence-corrected chi connectivity index (χ4v) is 1.18. The number of aliphatic hydroxyl groups excluding tert-OH is 1. The summed E-state index contributed by atoms with van der Waals surface area (Å²) in [5.74, 6) is 0.865. The number of methoxy groups -OCH3 is 1. The van der Waals surface area contributed by atoms with Gasteiger partial charge in [-0.05, 0) is 30.5 Å². The van der Waals surface area contributed by atoms with Crippen molar-refractivity contribution >= 4 is 0 Å². The van der Waals surface area contributed by atoms with Gasteiger partial charge in [-0.25, -0.2) is 0 Å². The van der Waals surface area contributed by atoms with Crippen molar-refractivity contribution in [1.29, 1.82) is 0 Å². The number of hydrogen-bond acceptors (Lipinski definition) is 2.